The van der Waals surface area contributed by atoms with E-state index in [0.717, 1.165) is 12.5 Å². The van der Waals surface area contributed by atoms with E-state index in [9.17, 15) is 0 Å². The first-order valence-corrected chi connectivity index (χ1v) is 3.67. The summed E-state index contributed by atoms with van der Waals surface area (Å²) in [5.74, 6) is 0.767. The molecule has 0 aromatic carbocycles. The van der Waals surface area contributed by atoms with E-state index in [0.29, 0.717) is 0 Å². The zero-order chi connectivity index (χ0) is 6.85. The minimum atomic E-state index is 0.767. The van der Waals surface area contributed by atoms with Crippen molar-refractivity contribution < 1.29 is 0 Å². The van der Waals surface area contributed by atoms with Crippen LogP contribution in [0.4, 0.5) is 0 Å². The van der Waals surface area contributed by atoms with Crippen LogP contribution >= 0.6 is 0 Å². The van der Waals surface area contributed by atoms with E-state index in [1.54, 1.807) is 0 Å². The predicted molar refractivity (Wildman–Crippen MR) is 40.2 cm³/mol. The maximum absolute atomic E-state index is 2.31. The van der Waals surface area contributed by atoms with E-state index in [2.05, 4.69) is 31.9 Å². The van der Waals surface area contributed by atoms with Crippen LogP contribution in [-0.2, 0) is 0 Å². The zero-order valence-corrected chi connectivity index (χ0v) is 6.52. The van der Waals surface area contributed by atoms with Crippen LogP contribution in [0.5, 0.6) is 0 Å². The lowest BCUT2D eigenvalue weighted by Crippen LogP contribution is -2.30. The first-order chi connectivity index (χ1) is 4.25. The van der Waals surface area contributed by atoms with Crippen molar-refractivity contribution in [2.45, 2.75) is 20.3 Å². The summed E-state index contributed by atoms with van der Waals surface area (Å²) >= 11 is 0. The highest BCUT2D eigenvalue weighted by molar-refractivity contribution is 5.14. The molecule has 0 aromatic heterocycles. The second-order valence-electron chi connectivity index (χ2n) is 2.82. The van der Waals surface area contributed by atoms with Gasteiger partial charge < -0.3 is 4.90 Å². The molecule has 0 fully saturated rings. The third-order valence-corrected chi connectivity index (χ3v) is 2.13. The van der Waals surface area contributed by atoms with Crippen molar-refractivity contribution in [3.8, 4) is 0 Å². The molecule has 0 saturated heterocycles. The standard InChI is InChI=1S/C8H15N/c1-4-7(2)8-5-6-9(8)3/h5,7H,4,6H2,1-3H3. The minimum Gasteiger partial charge on any atom is -0.374 e. The Labute approximate surface area is 57.4 Å². The highest BCUT2D eigenvalue weighted by Gasteiger charge is 2.16. The van der Waals surface area contributed by atoms with Crippen LogP contribution in [0.3, 0.4) is 0 Å². The number of hydrogen-bond acceptors (Lipinski definition) is 1. The maximum Gasteiger partial charge on any atom is 0.0373 e. The van der Waals surface area contributed by atoms with Crippen LogP contribution in [0, 0.1) is 5.92 Å². The second-order valence-corrected chi connectivity index (χ2v) is 2.82. The third-order valence-electron chi connectivity index (χ3n) is 2.13. The van der Waals surface area contributed by atoms with Gasteiger partial charge in [0, 0.05) is 19.3 Å². The SMILES string of the molecule is CCC(C)C1=CCN1C. The average molecular weight is 125 g/mol. The summed E-state index contributed by atoms with van der Waals surface area (Å²) in [6.45, 7) is 5.67. The second kappa shape index (κ2) is 2.42. The van der Waals surface area contributed by atoms with Crippen LogP contribution in [0.2, 0.25) is 0 Å². The molecule has 52 valence electrons. The van der Waals surface area contributed by atoms with Crippen LogP contribution in [0.25, 0.3) is 0 Å². The molecule has 0 spiro atoms. The molecule has 1 heterocycles. The Kier molecular flexibility index (Phi) is 1.79. The number of hydrogen-bond donors (Lipinski definition) is 0. The molecule has 1 aliphatic heterocycles. The van der Waals surface area contributed by atoms with Crippen molar-refractivity contribution in [3.63, 3.8) is 0 Å². The molecule has 0 aromatic rings. The van der Waals surface area contributed by atoms with Crippen molar-refractivity contribution in [1.82, 2.24) is 4.90 Å². The molecule has 9 heavy (non-hydrogen) atoms. The lowest BCUT2D eigenvalue weighted by molar-refractivity contribution is 0.344. The van der Waals surface area contributed by atoms with Gasteiger partial charge in [0.15, 0.2) is 0 Å². The van der Waals surface area contributed by atoms with E-state index in [1.807, 2.05) is 0 Å². The van der Waals surface area contributed by atoms with Gasteiger partial charge in [0.05, 0.1) is 0 Å². The Hall–Kier alpha value is -0.460. The summed E-state index contributed by atoms with van der Waals surface area (Å²) in [6.07, 6.45) is 3.57. The Morgan fingerprint density at radius 1 is 1.78 bits per heavy atom. The molecule has 1 rings (SSSR count). The van der Waals surface area contributed by atoms with Gasteiger partial charge in [-0.15, -0.1) is 0 Å². The van der Waals surface area contributed by atoms with Crippen molar-refractivity contribution in [1.29, 1.82) is 0 Å². The predicted octanol–water partition coefficient (Wildman–Crippen LogP) is 1.86. The molecule has 0 amide bonds. The first kappa shape index (κ1) is 6.66. The summed E-state index contributed by atoms with van der Waals surface area (Å²) in [6, 6.07) is 0. The molecule has 1 heteroatoms. The van der Waals surface area contributed by atoms with Crippen LogP contribution in [-0.4, -0.2) is 18.5 Å². The largest absolute Gasteiger partial charge is 0.374 e. The van der Waals surface area contributed by atoms with E-state index >= 15 is 0 Å². The van der Waals surface area contributed by atoms with Gasteiger partial charge in [-0.2, -0.15) is 0 Å². The topological polar surface area (TPSA) is 3.24 Å². The summed E-state index contributed by atoms with van der Waals surface area (Å²) in [4.78, 5) is 2.31. The summed E-state index contributed by atoms with van der Waals surface area (Å²) < 4.78 is 0. The first-order valence-electron chi connectivity index (χ1n) is 3.67. The number of allylic oxidation sites excluding steroid dienone is 1. The van der Waals surface area contributed by atoms with E-state index in [1.165, 1.54) is 12.1 Å². The quantitative estimate of drug-likeness (QED) is 0.544. The van der Waals surface area contributed by atoms with Crippen LogP contribution in [0.15, 0.2) is 11.8 Å². The average Bonchev–Trinajstić information content (AvgIpc) is 1.84. The molecule has 1 atom stereocenters. The Balaban J connectivity index is 2.44. The molecule has 0 bridgehead atoms. The molecule has 0 N–H and O–H groups in total. The monoisotopic (exact) mass is 125 g/mol. The van der Waals surface area contributed by atoms with Crippen LogP contribution in [0.1, 0.15) is 20.3 Å². The highest BCUT2D eigenvalue weighted by Crippen LogP contribution is 2.22. The number of rotatable bonds is 2. The van der Waals surface area contributed by atoms with Gasteiger partial charge in [-0.1, -0.05) is 13.8 Å². The summed E-state index contributed by atoms with van der Waals surface area (Å²) in [5, 5.41) is 0. The normalized spacial score (nSPS) is 20.8. The molecule has 0 aliphatic carbocycles. The lowest BCUT2D eigenvalue weighted by atomic mass is 10.00. The van der Waals surface area contributed by atoms with Gasteiger partial charge in [-0.3, -0.25) is 0 Å². The fraction of sp³-hybridized carbons (Fsp3) is 0.750. The molecule has 1 aliphatic rings. The molecule has 1 unspecified atom stereocenters. The number of nitrogens with zero attached hydrogens (tertiary/aromatic N) is 1. The smallest absolute Gasteiger partial charge is 0.0373 e. The van der Waals surface area contributed by atoms with Gasteiger partial charge in [-0.25, -0.2) is 0 Å². The van der Waals surface area contributed by atoms with Crippen molar-refractivity contribution >= 4 is 0 Å². The third kappa shape index (κ3) is 1.09. The molecular weight excluding hydrogens is 110 g/mol. The van der Waals surface area contributed by atoms with Crippen molar-refractivity contribution in [2.24, 2.45) is 5.92 Å². The summed E-state index contributed by atoms with van der Waals surface area (Å²) in [5.41, 5.74) is 1.53. The van der Waals surface area contributed by atoms with E-state index in [4.69, 9.17) is 0 Å². The molecular formula is C8H15N. The van der Waals surface area contributed by atoms with E-state index in [-0.39, 0.29) is 0 Å². The van der Waals surface area contributed by atoms with Gasteiger partial charge in [0.2, 0.25) is 0 Å². The van der Waals surface area contributed by atoms with Crippen LogP contribution < -0.4 is 0 Å². The Bertz CT molecular complexity index is 127. The molecule has 1 nitrogen and oxygen atoms in total. The molecule has 0 saturated carbocycles. The Morgan fingerprint density at radius 3 is 2.56 bits per heavy atom. The summed E-state index contributed by atoms with van der Waals surface area (Å²) in [7, 11) is 2.15. The Morgan fingerprint density at radius 2 is 2.44 bits per heavy atom. The highest BCUT2D eigenvalue weighted by atomic mass is 15.1. The van der Waals surface area contributed by atoms with Gasteiger partial charge in [-0.05, 0) is 18.4 Å². The fourth-order valence-electron chi connectivity index (χ4n) is 1.17. The van der Waals surface area contributed by atoms with Gasteiger partial charge >= 0.3 is 0 Å². The fourth-order valence-corrected chi connectivity index (χ4v) is 1.17. The minimum absolute atomic E-state index is 0.767. The van der Waals surface area contributed by atoms with Crippen molar-refractivity contribution in [2.75, 3.05) is 13.6 Å². The van der Waals surface area contributed by atoms with Gasteiger partial charge in [0.25, 0.3) is 0 Å². The zero-order valence-electron chi connectivity index (χ0n) is 6.52. The number of likely N-dealkylation sites (N-methyl/N-ethyl adjacent to an activating group) is 1. The maximum atomic E-state index is 2.31. The lowest BCUT2D eigenvalue weighted by Gasteiger charge is -2.33. The molecule has 0 radical (unpaired) electrons. The van der Waals surface area contributed by atoms with Gasteiger partial charge in [0.1, 0.15) is 0 Å². The van der Waals surface area contributed by atoms with E-state index < -0.39 is 0 Å². The van der Waals surface area contributed by atoms with Crippen molar-refractivity contribution in [3.05, 3.63) is 11.8 Å².